The molecule has 0 fully saturated rings. The lowest BCUT2D eigenvalue weighted by molar-refractivity contribution is -0.113. The molecule has 1 aliphatic rings. The Balaban J connectivity index is 1.95. The smallest absolute Gasteiger partial charge is 0.235 e. The van der Waals surface area contributed by atoms with Gasteiger partial charge in [0.2, 0.25) is 5.91 Å². The summed E-state index contributed by atoms with van der Waals surface area (Å²) in [6, 6.07) is 5.85. The van der Waals surface area contributed by atoms with E-state index in [0.717, 1.165) is 22.5 Å². The number of nitrogens with zero attached hydrogens (tertiary/aromatic N) is 2. The van der Waals surface area contributed by atoms with Gasteiger partial charge in [-0.3, -0.25) is 9.48 Å². The average Bonchev–Trinajstić information content (AvgIpc) is 2.85. The first-order valence-corrected chi connectivity index (χ1v) is 8.93. The number of carbonyl (C=O) groups is 1. The van der Waals surface area contributed by atoms with Crippen LogP contribution in [0.4, 0.5) is 5.82 Å². The molecule has 0 saturated heterocycles. The fourth-order valence-electron chi connectivity index (χ4n) is 2.66. The summed E-state index contributed by atoms with van der Waals surface area (Å²) in [5, 5.41) is 7.19. The summed E-state index contributed by atoms with van der Waals surface area (Å²) < 4.78 is 12.9. The van der Waals surface area contributed by atoms with Gasteiger partial charge in [-0.15, -0.1) is 11.8 Å². The Labute approximate surface area is 151 Å². The number of methoxy groups -OCH3 is 1. The molecule has 1 aliphatic heterocycles. The Morgan fingerprint density at radius 1 is 1.48 bits per heavy atom. The zero-order valence-electron chi connectivity index (χ0n) is 14.5. The summed E-state index contributed by atoms with van der Waals surface area (Å²) >= 11 is 1.57. The average molecular weight is 359 g/mol. The highest BCUT2D eigenvalue weighted by Crippen LogP contribution is 2.43. The van der Waals surface area contributed by atoms with Crippen molar-refractivity contribution in [2.75, 3.05) is 24.8 Å². The van der Waals surface area contributed by atoms with Crippen LogP contribution in [0.15, 0.2) is 36.5 Å². The van der Waals surface area contributed by atoms with E-state index in [-0.39, 0.29) is 11.2 Å². The number of ether oxygens (including phenoxy) is 2. The topological polar surface area (TPSA) is 65.4 Å². The predicted octanol–water partition coefficient (Wildman–Crippen LogP) is 3.16. The Morgan fingerprint density at radius 2 is 2.28 bits per heavy atom. The molecule has 1 N–H and O–H groups in total. The molecule has 7 heteroatoms. The van der Waals surface area contributed by atoms with Crippen LogP contribution in [0.25, 0.3) is 0 Å². The third kappa shape index (κ3) is 3.66. The van der Waals surface area contributed by atoms with Gasteiger partial charge in [0, 0.05) is 12.6 Å². The van der Waals surface area contributed by atoms with Gasteiger partial charge in [0.1, 0.15) is 12.4 Å². The molecule has 6 nitrogen and oxygen atoms in total. The largest absolute Gasteiger partial charge is 0.493 e. The maximum atomic E-state index is 12.0. The lowest BCUT2D eigenvalue weighted by atomic mass is 10.1. The first kappa shape index (κ1) is 17.4. The van der Waals surface area contributed by atoms with Crippen LogP contribution in [0.3, 0.4) is 0 Å². The molecule has 25 heavy (non-hydrogen) atoms. The van der Waals surface area contributed by atoms with Crippen LogP contribution in [0.2, 0.25) is 0 Å². The molecule has 1 amide bonds. The SMILES string of the molecule is C=C(C)COc1ccc([C@@H]2SCC(=O)Nc3c2cnn3C)cc1OC. The van der Waals surface area contributed by atoms with E-state index < -0.39 is 0 Å². The van der Waals surface area contributed by atoms with Gasteiger partial charge < -0.3 is 14.8 Å². The van der Waals surface area contributed by atoms with Crippen molar-refractivity contribution in [3.63, 3.8) is 0 Å². The maximum Gasteiger partial charge on any atom is 0.235 e. The molecule has 0 radical (unpaired) electrons. The van der Waals surface area contributed by atoms with Gasteiger partial charge >= 0.3 is 0 Å². The lowest BCUT2D eigenvalue weighted by Gasteiger charge is -2.17. The van der Waals surface area contributed by atoms with Crippen LogP contribution >= 0.6 is 11.8 Å². The number of aryl methyl sites for hydroxylation is 1. The van der Waals surface area contributed by atoms with Gasteiger partial charge in [-0.1, -0.05) is 12.6 Å². The number of fused-ring (bicyclic) bond motifs is 1. The zero-order valence-corrected chi connectivity index (χ0v) is 15.4. The Bertz CT molecular complexity index is 816. The van der Waals surface area contributed by atoms with E-state index in [9.17, 15) is 4.79 Å². The van der Waals surface area contributed by atoms with Crippen LogP contribution < -0.4 is 14.8 Å². The molecule has 1 atom stereocenters. The second-order valence-corrected chi connectivity index (χ2v) is 7.06. The molecular formula is C18H21N3O3S. The number of amides is 1. The van der Waals surface area contributed by atoms with E-state index in [1.807, 2.05) is 32.2 Å². The second-order valence-electron chi connectivity index (χ2n) is 5.97. The quantitative estimate of drug-likeness (QED) is 0.831. The van der Waals surface area contributed by atoms with E-state index in [0.29, 0.717) is 23.9 Å². The van der Waals surface area contributed by atoms with Crippen molar-refractivity contribution in [3.05, 3.63) is 47.7 Å². The summed E-state index contributed by atoms with van der Waals surface area (Å²) in [5.74, 6) is 2.43. The molecule has 2 aromatic rings. The van der Waals surface area contributed by atoms with Gasteiger partial charge in [-0.25, -0.2) is 0 Å². The molecule has 2 heterocycles. The van der Waals surface area contributed by atoms with Gasteiger partial charge in [0.15, 0.2) is 11.5 Å². The zero-order chi connectivity index (χ0) is 18.0. The monoisotopic (exact) mass is 359 g/mol. The number of anilines is 1. The molecular weight excluding hydrogens is 338 g/mol. The summed E-state index contributed by atoms with van der Waals surface area (Å²) in [6.45, 7) is 6.20. The van der Waals surface area contributed by atoms with Gasteiger partial charge in [-0.2, -0.15) is 5.10 Å². The number of hydrogen-bond acceptors (Lipinski definition) is 5. The second kappa shape index (κ2) is 7.23. The van der Waals surface area contributed by atoms with Crippen molar-refractivity contribution in [3.8, 4) is 11.5 Å². The standard InChI is InChI=1S/C18H21N3O3S/c1-11(2)9-24-14-6-5-12(7-15(14)23-4)17-13-8-19-21(3)18(13)20-16(22)10-25-17/h5-8,17H,1,9-10H2,2-4H3,(H,20,22)/t17-/m0/s1. The number of rotatable bonds is 5. The fourth-order valence-corrected chi connectivity index (χ4v) is 3.74. The van der Waals surface area contributed by atoms with Crippen molar-refractivity contribution in [2.24, 2.45) is 7.05 Å². The summed E-state index contributed by atoms with van der Waals surface area (Å²) in [5.41, 5.74) is 2.96. The van der Waals surface area contributed by atoms with Crippen LogP contribution in [0.1, 0.15) is 23.3 Å². The predicted molar refractivity (Wildman–Crippen MR) is 99.4 cm³/mol. The van der Waals surface area contributed by atoms with E-state index in [2.05, 4.69) is 17.0 Å². The van der Waals surface area contributed by atoms with Crippen LogP contribution in [-0.4, -0.2) is 35.2 Å². The summed E-state index contributed by atoms with van der Waals surface area (Å²) in [4.78, 5) is 12.0. The third-order valence-electron chi connectivity index (χ3n) is 3.85. The molecule has 0 saturated carbocycles. The highest BCUT2D eigenvalue weighted by Gasteiger charge is 2.27. The number of aromatic nitrogens is 2. The number of hydrogen-bond donors (Lipinski definition) is 1. The minimum Gasteiger partial charge on any atom is -0.493 e. The normalized spacial score (nSPS) is 16.6. The lowest BCUT2D eigenvalue weighted by Crippen LogP contribution is -2.15. The highest BCUT2D eigenvalue weighted by atomic mass is 32.2. The van der Waals surface area contributed by atoms with Crippen LogP contribution in [0.5, 0.6) is 11.5 Å². The molecule has 1 aromatic heterocycles. The van der Waals surface area contributed by atoms with Crippen molar-refractivity contribution in [1.82, 2.24) is 9.78 Å². The van der Waals surface area contributed by atoms with Gasteiger partial charge in [-0.05, 0) is 30.2 Å². The Hall–Kier alpha value is -2.41. The fraction of sp³-hybridized carbons (Fsp3) is 0.333. The van der Waals surface area contributed by atoms with E-state index in [1.54, 1.807) is 29.8 Å². The Morgan fingerprint density at radius 3 is 3.00 bits per heavy atom. The summed E-state index contributed by atoms with van der Waals surface area (Å²) in [7, 11) is 3.44. The Kier molecular flexibility index (Phi) is 5.03. The number of carbonyl (C=O) groups excluding carboxylic acids is 1. The number of benzene rings is 1. The molecule has 1 aromatic carbocycles. The van der Waals surface area contributed by atoms with Gasteiger partial charge in [0.25, 0.3) is 0 Å². The van der Waals surface area contributed by atoms with Gasteiger partial charge in [0.05, 0.1) is 24.3 Å². The molecule has 0 aliphatic carbocycles. The van der Waals surface area contributed by atoms with Crippen molar-refractivity contribution in [1.29, 1.82) is 0 Å². The van der Waals surface area contributed by atoms with E-state index in [1.165, 1.54) is 0 Å². The van der Waals surface area contributed by atoms with E-state index in [4.69, 9.17) is 9.47 Å². The first-order chi connectivity index (χ1) is 12.0. The van der Waals surface area contributed by atoms with Crippen molar-refractivity contribution in [2.45, 2.75) is 12.2 Å². The highest BCUT2D eigenvalue weighted by molar-refractivity contribution is 8.00. The number of thioether (sulfide) groups is 1. The molecule has 3 rings (SSSR count). The molecule has 0 bridgehead atoms. The van der Waals surface area contributed by atoms with Crippen molar-refractivity contribution >= 4 is 23.5 Å². The first-order valence-electron chi connectivity index (χ1n) is 7.88. The van der Waals surface area contributed by atoms with Crippen LogP contribution in [-0.2, 0) is 11.8 Å². The summed E-state index contributed by atoms with van der Waals surface area (Å²) in [6.07, 6.45) is 1.80. The van der Waals surface area contributed by atoms with E-state index >= 15 is 0 Å². The molecule has 0 unspecified atom stereocenters. The minimum absolute atomic E-state index is 0.00765. The molecule has 0 spiro atoms. The maximum absolute atomic E-state index is 12.0. The minimum atomic E-state index is -0.0225. The number of nitrogens with one attached hydrogen (secondary N) is 1. The van der Waals surface area contributed by atoms with Crippen molar-refractivity contribution < 1.29 is 14.3 Å². The van der Waals surface area contributed by atoms with Crippen LogP contribution in [0, 0.1) is 0 Å². The third-order valence-corrected chi connectivity index (χ3v) is 5.14. The molecule has 132 valence electrons.